The van der Waals surface area contributed by atoms with Crippen molar-refractivity contribution in [3.05, 3.63) is 0 Å². The van der Waals surface area contributed by atoms with Crippen LogP contribution in [0, 0.1) is 0 Å². The lowest BCUT2D eigenvalue weighted by Gasteiger charge is -2.05. The molecule has 4 N–H and O–H groups in total. The van der Waals surface area contributed by atoms with E-state index in [9.17, 15) is 0 Å². The first kappa shape index (κ1) is 5.19. The Bertz CT molecular complexity index is 19.1. The summed E-state index contributed by atoms with van der Waals surface area (Å²) in [6.45, 7) is 0. The second kappa shape index (κ2) is 1.11. The molecule has 0 heterocycles. The molecule has 5 heteroatoms. The Hall–Kier alpha value is 0.190. The number of hydrogen-bond donors (Lipinski definition) is 4. The van der Waals surface area contributed by atoms with Crippen molar-refractivity contribution in [2.75, 3.05) is 0 Å². The topological polar surface area (TPSA) is 80.9 Å². The highest BCUT2D eigenvalue weighted by Crippen LogP contribution is 2.23. The molecule has 0 amide bonds. The Kier molecular flexibility index (Phi) is 1.16. The monoisotopic (exact) mass is 100.0 g/mol. The quantitative estimate of drug-likeness (QED) is 0.361. The van der Waals surface area contributed by atoms with E-state index in [0.29, 0.717) is 0 Å². The molecular weight excluding hydrogens is 96.1 g/mol. The molecule has 0 saturated heterocycles. The van der Waals surface area contributed by atoms with Gasteiger partial charge in [-0.05, 0) is 0 Å². The van der Waals surface area contributed by atoms with E-state index in [1.54, 1.807) is 0 Å². The minimum Gasteiger partial charge on any atom is -0.287 e. The fraction of sp³-hybridized carbons (Fsp3) is 0. The van der Waals surface area contributed by atoms with E-state index in [4.69, 9.17) is 18.2 Å². The van der Waals surface area contributed by atoms with Gasteiger partial charge < -0.3 is 0 Å². The van der Waals surface area contributed by atoms with Crippen LogP contribution in [0.2, 0.25) is 0 Å². The largest absolute Gasteiger partial charge is 0.287 e. The average molecular weight is 100 g/mol. The maximum absolute atomic E-state index is 7.27. The van der Waals surface area contributed by atoms with Crippen LogP contribution in [0.4, 0.5) is 0 Å². The smallest absolute Gasteiger partial charge is 0.213 e. The van der Waals surface area contributed by atoms with Crippen LogP contribution in [-0.4, -0.2) is 18.2 Å². The van der Waals surface area contributed by atoms with Crippen LogP contribution < -0.4 is 0 Å². The molecule has 0 saturated carbocycles. The summed E-state index contributed by atoms with van der Waals surface area (Å²) in [6.07, 6.45) is 0. The summed E-state index contributed by atoms with van der Waals surface area (Å²) in [4.78, 5) is 0. The van der Waals surface area contributed by atoms with Crippen LogP contribution in [-0.2, 0) is 0 Å². The standard InChI is InChI=1S/H4O4S/c1-5(2,3)4/h1-4H. The third-order valence-electron chi connectivity index (χ3n) is 0. The summed E-state index contributed by atoms with van der Waals surface area (Å²) in [5, 5.41) is 0. The van der Waals surface area contributed by atoms with Crippen LogP contribution in [0.15, 0.2) is 0 Å². The number of hydrogen-bond acceptors (Lipinski definition) is 4. The molecule has 0 aromatic carbocycles. The first-order chi connectivity index (χ1) is 2.00. The molecule has 0 bridgehead atoms. The molecule has 34 valence electrons. The zero-order chi connectivity index (χ0) is 4.50. The molecule has 0 rings (SSSR count). The van der Waals surface area contributed by atoms with E-state index in [2.05, 4.69) is 0 Å². The van der Waals surface area contributed by atoms with Gasteiger partial charge in [-0.25, -0.2) is 0 Å². The van der Waals surface area contributed by atoms with Crippen molar-refractivity contribution >= 4 is 11.2 Å². The summed E-state index contributed by atoms with van der Waals surface area (Å²) < 4.78 is 29.1. The normalized spacial score (nSPS) is 15.2. The Morgan fingerprint density at radius 1 is 0.800 bits per heavy atom. The van der Waals surface area contributed by atoms with Crippen LogP contribution in [0.5, 0.6) is 0 Å². The molecule has 0 aromatic heterocycles. The second-order valence-electron chi connectivity index (χ2n) is 0.490. The third-order valence-corrected chi connectivity index (χ3v) is 0. The van der Waals surface area contributed by atoms with Gasteiger partial charge in [0.15, 0.2) is 0 Å². The number of rotatable bonds is 0. The second-order valence-corrected chi connectivity index (χ2v) is 1.47. The minimum absolute atomic E-state index is 4.17. The first-order valence-corrected chi connectivity index (χ1v) is 2.19. The highest BCUT2D eigenvalue weighted by molar-refractivity contribution is 8.14. The lowest BCUT2D eigenvalue weighted by Crippen LogP contribution is -1.87. The van der Waals surface area contributed by atoms with Crippen molar-refractivity contribution in [1.82, 2.24) is 0 Å². The van der Waals surface area contributed by atoms with Crippen molar-refractivity contribution in [1.29, 1.82) is 0 Å². The van der Waals surface area contributed by atoms with Gasteiger partial charge in [0.05, 0.1) is 0 Å². The zero-order valence-corrected chi connectivity index (χ0v) is 3.01. The first-order valence-electron chi connectivity index (χ1n) is 0.730. The molecule has 0 fully saturated rings. The summed E-state index contributed by atoms with van der Waals surface area (Å²) in [5.74, 6) is 0. The van der Waals surface area contributed by atoms with Gasteiger partial charge >= 0.3 is 0 Å². The van der Waals surface area contributed by atoms with E-state index in [0.717, 1.165) is 0 Å². The molecule has 4 nitrogen and oxygen atoms in total. The maximum atomic E-state index is 7.27. The fourth-order valence-corrected chi connectivity index (χ4v) is 0. The minimum atomic E-state index is -4.17. The van der Waals surface area contributed by atoms with E-state index in [1.165, 1.54) is 0 Å². The van der Waals surface area contributed by atoms with Crippen LogP contribution in [0.25, 0.3) is 0 Å². The Labute approximate surface area is 30.4 Å². The fourth-order valence-electron chi connectivity index (χ4n) is 0. The Morgan fingerprint density at radius 2 is 0.800 bits per heavy atom. The van der Waals surface area contributed by atoms with Crippen molar-refractivity contribution in [2.24, 2.45) is 0 Å². The maximum Gasteiger partial charge on any atom is 0.213 e. The van der Waals surface area contributed by atoms with Crippen molar-refractivity contribution in [3.63, 3.8) is 0 Å². The lowest BCUT2D eigenvalue weighted by molar-refractivity contribution is 0.280. The van der Waals surface area contributed by atoms with Crippen LogP contribution in [0.1, 0.15) is 0 Å². The SMILES string of the molecule is OS(O)(O)O. The molecule has 0 aliphatic heterocycles. The van der Waals surface area contributed by atoms with E-state index < -0.39 is 11.2 Å². The van der Waals surface area contributed by atoms with Gasteiger partial charge in [-0.2, -0.15) is 0 Å². The highest BCUT2D eigenvalue weighted by atomic mass is 32.3. The molecule has 0 spiro atoms. The molecule has 0 aliphatic rings. The van der Waals surface area contributed by atoms with Gasteiger partial charge in [-0.1, -0.05) is 0 Å². The van der Waals surface area contributed by atoms with Crippen LogP contribution in [0.3, 0.4) is 0 Å². The summed E-state index contributed by atoms with van der Waals surface area (Å²) in [7, 11) is 0. The predicted molar refractivity (Wildman–Crippen MR) is 18.1 cm³/mol. The molecule has 0 atom stereocenters. The Balaban J connectivity index is 3.02. The van der Waals surface area contributed by atoms with E-state index in [1.807, 2.05) is 0 Å². The average Bonchev–Trinajstić information content (AvgIpc) is 0.722. The van der Waals surface area contributed by atoms with Gasteiger partial charge in [0, 0.05) is 0 Å². The van der Waals surface area contributed by atoms with Crippen molar-refractivity contribution < 1.29 is 18.2 Å². The molecule has 0 radical (unpaired) electrons. The zero-order valence-electron chi connectivity index (χ0n) is 2.20. The third kappa shape index (κ3) is 557. The molecule has 0 aromatic rings. The summed E-state index contributed by atoms with van der Waals surface area (Å²) in [6, 6.07) is 0. The van der Waals surface area contributed by atoms with E-state index >= 15 is 0 Å². The molecule has 0 unspecified atom stereocenters. The van der Waals surface area contributed by atoms with Gasteiger partial charge in [0.2, 0.25) is 11.2 Å². The van der Waals surface area contributed by atoms with Gasteiger partial charge in [-0.3, -0.25) is 18.2 Å². The summed E-state index contributed by atoms with van der Waals surface area (Å²) >= 11 is -4.17. The van der Waals surface area contributed by atoms with Crippen LogP contribution >= 0.6 is 11.2 Å². The predicted octanol–water partition coefficient (Wildman–Crippen LogP) is 0.683. The molecule has 0 aliphatic carbocycles. The van der Waals surface area contributed by atoms with Gasteiger partial charge in [0.25, 0.3) is 0 Å². The van der Waals surface area contributed by atoms with Gasteiger partial charge in [-0.15, -0.1) is 0 Å². The van der Waals surface area contributed by atoms with E-state index in [-0.39, 0.29) is 0 Å². The Morgan fingerprint density at radius 3 is 0.800 bits per heavy atom. The van der Waals surface area contributed by atoms with Gasteiger partial charge in [0.1, 0.15) is 0 Å². The van der Waals surface area contributed by atoms with Crippen molar-refractivity contribution in [3.8, 4) is 0 Å². The highest BCUT2D eigenvalue weighted by Gasteiger charge is 1.98. The molecule has 5 heavy (non-hydrogen) atoms. The lowest BCUT2D eigenvalue weighted by atomic mass is 15.8. The summed E-state index contributed by atoms with van der Waals surface area (Å²) in [5.41, 5.74) is 0. The molecular formula is H4O4S. The van der Waals surface area contributed by atoms with Crippen molar-refractivity contribution in [2.45, 2.75) is 0 Å².